The van der Waals surface area contributed by atoms with Crippen molar-refractivity contribution in [2.24, 2.45) is 0 Å². The third-order valence-electron chi connectivity index (χ3n) is 5.12. The summed E-state index contributed by atoms with van der Waals surface area (Å²) in [4.78, 5) is 13.0. The Morgan fingerprint density at radius 2 is 1.38 bits per heavy atom. The second-order valence-electron chi connectivity index (χ2n) is 7.54. The maximum Gasteiger partial charge on any atom is 0.264 e. The maximum atomic E-state index is 13.5. The minimum atomic E-state index is -3.99. The van der Waals surface area contributed by atoms with Crippen molar-refractivity contribution < 1.29 is 22.7 Å². The second-order valence-corrected chi connectivity index (χ2v) is 9.41. The van der Waals surface area contributed by atoms with Crippen LogP contribution in [0.2, 0.25) is 0 Å². The summed E-state index contributed by atoms with van der Waals surface area (Å²) in [7, 11) is -3.99. The second kappa shape index (κ2) is 11.6. The lowest BCUT2D eigenvalue weighted by Gasteiger charge is -2.25. The highest BCUT2D eigenvalue weighted by atomic mass is 32.2. The van der Waals surface area contributed by atoms with Crippen molar-refractivity contribution in [2.75, 3.05) is 24.1 Å². The summed E-state index contributed by atoms with van der Waals surface area (Å²) in [6.07, 6.45) is 0. The first-order valence-electron chi connectivity index (χ1n) is 11.2. The van der Waals surface area contributed by atoms with E-state index in [0.29, 0.717) is 24.7 Å². The Bertz CT molecular complexity index is 1160. The number of nitrogens with one attached hydrogen (secondary N) is 1. The summed E-state index contributed by atoms with van der Waals surface area (Å²) in [5.41, 5.74) is 1.29. The van der Waals surface area contributed by atoms with Gasteiger partial charge in [-0.3, -0.25) is 9.10 Å². The average Bonchev–Trinajstić information content (AvgIpc) is 2.84. The van der Waals surface area contributed by atoms with Gasteiger partial charge in [0.15, 0.2) is 0 Å². The first-order valence-corrected chi connectivity index (χ1v) is 12.6. The summed E-state index contributed by atoms with van der Waals surface area (Å²) in [5, 5.41) is 2.89. The smallest absolute Gasteiger partial charge is 0.264 e. The van der Waals surface area contributed by atoms with Crippen molar-refractivity contribution >= 4 is 21.6 Å². The molecule has 0 fully saturated rings. The highest BCUT2D eigenvalue weighted by Crippen LogP contribution is 2.25. The molecule has 0 aliphatic heterocycles. The van der Waals surface area contributed by atoms with Gasteiger partial charge in [0.1, 0.15) is 18.0 Å². The zero-order valence-corrected chi connectivity index (χ0v) is 20.4. The molecule has 0 aliphatic carbocycles. The first kappa shape index (κ1) is 25.1. The van der Waals surface area contributed by atoms with Crippen LogP contribution in [0.5, 0.6) is 11.5 Å². The Morgan fingerprint density at radius 1 is 0.853 bits per heavy atom. The minimum absolute atomic E-state index is 0.0761. The van der Waals surface area contributed by atoms with E-state index in [2.05, 4.69) is 5.32 Å². The van der Waals surface area contributed by atoms with Crippen LogP contribution < -0.4 is 19.1 Å². The van der Waals surface area contributed by atoms with Crippen LogP contribution >= 0.6 is 0 Å². The summed E-state index contributed by atoms with van der Waals surface area (Å²) < 4.78 is 38.9. The summed E-state index contributed by atoms with van der Waals surface area (Å²) in [5.74, 6) is 0.913. The Kier molecular flexibility index (Phi) is 8.54. The lowest BCUT2D eigenvalue weighted by molar-refractivity contribution is -0.120. The molecule has 0 saturated heterocycles. The summed E-state index contributed by atoms with van der Waals surface area (Å²) >= 11 is 0. The molecule has 0 radical (unpaired) electrons. The zero-order chi connectivity index (χ0) is 24.6. The van der Waals surface area contributed by atoms with Gasteiger partial charge in [0, 0.05) is 0 Å². The van der Waals surface area contributed by atoms with Crippen molar-refractivity contribution in [3.8, 4) is 11.5 Å². The van der Waals surface area contributed by atoms with E-state index in [1.54, 1.807) is 42.5 Å². The SMILES string of the molecule is CCOc1ccc([C@@H](C)NC(=O)CN(c2ccccc2)S(=O)(=O)c2ccc(OCC)cc2)cc1. The first-order chi connectivity index (χ1) is 16.3. The van der Waals surface area contributed by atoms with Crippen molar-refractivity contribution in [3.63, 3.8) is 0 Å². The van der Waals surface area contributed by atoms with Gasteiger partial charge in [-0.25, -0.2) is 8.42 Å². The molecule has 1 atom stereocenters. The summed E-state index contributed by atoms with van der Waals surface area (Å²) in [6, 6.07) is 21.9. The van der Waals surface area contributed by atoms with E-state index in [-0.39, 0.29) is 17.5 Å². The molecule has 7 nitrogen and oxygen atoms in total. The number of anilines is 1. The molecule has 0 unspecified atom stereocenters. The average molecular weight is 483 g/mol. The number of carbonyl (C=O) groups is 1. The van der Waals surface area contributed by atoms with Gasteiger partial charge in [-0.05, 0) is 74.9 Å². The van der Waals surface area contributed by atoms with Crippen molar-refractivity contribution in [2.45, 2.75) is 31.7 Å². The van der Waals surface area contributed by atoms with Crippen LogP contribution in [0.1, 0.15) is 32.4 Å². The molecule has 3 aromatic carbocycles. The van der Waals surface area contributed by atoms with Gasteiger partial charge in [-0.15, -0.1) is 0 Å². The molecule has 3 aromatic rings. The number of nitrogens with zero attached hydrogens (tertiary/aromatic N) is 1. The number of para-hydroxylation sites is 1. The quantitative estimate of drug-likeness (QED) is 0.433. The fourth-order valence-electron chi connectivity index (χ4n) is 3.43. The predicted molar refractivity (Wildman–Crippen MR) is 133 cm³/mol. The summed E-state index contributed by atoms with van der Waals surface area (Å²) in [6.45, 7) is 6.31. The number of ether oxygens (including phenoxy) is 2. The molecule has 0 aromatic heterocycles. The van der Waals surface area contributed by atoms with Crippen LogP contribution in [0.25, 0.3) is 0 Å². The number of rotatable bonds is 11. The lowest BCUT2D eigenvalue weighted by Crippen LogP contribution is -2.41. The standard InChI is InChI=1S/C26H30N2O5S/c1-4-32-23-13-11-21(12-14-23)20(3)27-26(29)19-28(22-9-7-6-8-10-22)34(30,31)25-17-15-24(16-18-25)33-5-2/h6-18,20H,4-5,19H2,1-3H3,(H,27,29)/t20-/m1/s1. The van der Waals surface area contributed by atoms with Crippen LogP contribution in [0.4, 0.5) is 5.69 Å². The van der Waals surface area contributed by atoms with Gasteiger partial charge in [-0.2, -0.15) is 0 Å². The molecule has 3 rings (SSSR count). The Labute approximate surface area is 201 Å². The van der Waals surface area contributed by atoms with Crippen LogP contribution in [-0.4, -0.2) is 34.1 Å². The number of hydrogen-bond donors (Lipinski definition) is 1. The number of carbonyl (C=O) groups excluding carboxylic acids is 1. The topological polar surface area (TPSA) is 84.9 Å². The van der Waals surface area contributed by atoms with Crippen molar-refractivity contribution in [1.29, 1.82) is 0 Å². The highest BCUT2D eigenvalue weighted by molar-refractivity contribution is 7.92. The lowest BCUT2D eigenvalue weighted by atomic mass is 10.1. The Balaban J connectivity index is 1.80. The van der Waals surface area contributed by atoms with Crippen LogP contribution in [0.3, 0.4) is 0 Å². The van der Waals surface area contributed by atoms with Gasteiger partial charge in [0.2, 0.25) is 5.91 Å². The molecule has 0 saturated carbocycles. The third-order valence-corrected chi connectivity index (χ3v) is 6.91. The van der Waals surface area contributed by atoms with E-state index < -0.39 is 15.9 Å². The minimum Gasteiger partial charge on any atom is -0.494 e. The third kappa shape index (κ3) is 6.29. The fraction of sp³-hybridized carbons (Fsp3) is 0.269. The molecular formula is C26H30N2O5S. The number of hydrogen-bond acceptors (Lipinski definition) is 5. The van der Waals surface area contributed by atoms with Gasteiger partial charge in [-0.1, -0.05) is 30.3 Å². The molecule has 0 heterocycles. The normalized spacial score (nSPS) is 12.0. The molecule has 0 aliphatic rings. The monoisotopic (exact) mass is 482 g/mol. The molecule has 1 amide bonds. The van der Waals surface area contributed by atoms with Gasteiger partial charge < -0.3 is 14.8 Å². The Morgan fingerprint density at radius 3 is 1.91 bits per heavy atom. The molecule has 8 heteroatoms. The molecule has 1 N–H and O–H groups in total. The molecule has 34 heavy (non-hydrogen) atoms. The van der Waals surface area contributed by atoms with E-state index in [0.717, 1.165) is 15.6 Å². The molecule has 180 valence electrons. The van der Waals surface area contributed by atoms with E-state index in [4.69, 9.17) is 9.47 Å². The predicted octanol–water partition coefficient (Wildman–Crippen LogP) is 4.56. The van der Waals surface area contributed by atoms with Crippen LogP contribution in [0, 0.1) is 0 Å². The highest BCUT2D eigenvalue weighted by Gasteiger charge is 2.27. The zero-order valence-electron chi connectivity index (χ0n) is 19.6. The van der Waals surface area contributed by atoms with E-state index in [1.165, 1.54) is 12.1 Å². The molecular weight excluding hydrogens is 452 g/mol. The van der Waals surface area contributed by atoms with Gasteiger partial charge in [0.25, 0.3) is 10.0 Å². The van der Waals surface area contributed by atoms with Crippen LogP contribution in [0.15, 0.2) is 83.8 Å². The van der Waals surface area contributed by atoms with Crippen molar-refractivity contribution in [3.05, 3.63) is 84.4 Å². The van der Waals surface area contributed by atoms with E-state index in [9.17, 15) is 13.2 Å². The van der Waals surface area contributed by atoms with Gasteiger partial charge in [0.05, 0.1) is 29.8 Å². The van der Waals surface area contributed by atoms with Gasteiger partial charge >= 0.3 is 0 Å². The van der Waals surface area contributed by atoms with E-state index in [1.807, 2.05) is 45.0 Å². The molecule has 0 spiro atoms. The number of amides is 1. The van der Waals surface area contributed by atoms with Crippen molar-refractivity contribution in [1.82, 2.24) is 5.32 Å². The number of benzene rings is 3. The Hall–Kier alpha value is -3.52. The van der Waals surface area contributed by atoms with E-state index >= 15 is 0 Å². The maximum absolute atomic E-state index is 13.5. The van der Waals surface area contributed by atoms with Crippen LogP contribution in [-0.2, 0) is 14.8 Å². The molecule has 0 bridgehead atoms. The number of sulfonamides is 1. The fourth-order valence-corrected chi connectivity index (χ4v) is 4.85. The largest absolute Gasteiger partial charge is 0.494 e.